The summed E-state index contributed by atoms with van der Waals surface area (Å²) < 4.78 is 53.2. The number of hydrogen-bond acceptors (Lipinski definition) is 5. The minimum atomic E-state index is -4.61. The second-order valence-electron chi connectivity index (χ2n) is 9.90. The number of carbonyl (C=O) groups excluding carboxylic acids is 1. The summed E-state index contributed by atoms with van der Waals surface area (Å²) in [5, 5.41) is 0.344. The zero-order valence-corrected chi connectivity index (χ0v) is 24.7. The number of rotatable bonds is 8. The Labute approximate surface area is 243 Å². The van der Waals surface area contributed by atoms with E-state index < -0.39 is 29.2 Å². The average molecular weight is 632 g/mol. The van der Waals surface area contributed by atoms with E-state index in [0.29, 0.717) is 32.6 Å². The highest BCUT2D eigenvalue weighted by Crippen LogP contribution is 2.37. The van der Waals surface area contributed by atoms with Crippen LogP contribution in [0.3, 0.4) is 0 Å². The third-order valence-corrected chi connectivity index (χ3v) is 7.39. The van der Waals surface area contributed by atoms with Gasteiger partial charge >= 0.3 is 6.18 Å². The van der Waals surface area contributed by atoms with Gasteiger partial charge < -0.3 is 14.4 Å². The lowest BCUT2D eigenvalue weighted by molar-refractivity contribution is -0.137. The van der Waals surface area contributed by atoms with Gasteiger partial charge in [-0.3, -0.25) is 14.2 Å². The highest BCUT2D eigenvalue weighted by Gasteiger charge is 2.33. The summed E-state index contributed by atoms with van der Waals surface area (Å²) in [5.41, 5.74) is -0.663. The van der Waals surface area contributed by atoms with E-state index in [1.54, 1.807) is 43.3 Å². The zero-order chi connectivity index (χ0) is 30.1. The van der Waals surface area contributed by atoms with Crippen LogP contribution in [0.2, 0.25) is 0 Å². The van der Waals surface area contributed by atoms with Crippen molar-refractivity contribution >= 4 is 32.7 Å². The summed E-state index contributed by atoms with van der Waals surface area (Å²) in [5.74, 6) is 0.366. The number of methoxy groups -OCH3 is 2. The topological polar surface area (TPSA) is 73.7 Å². The van der Waals surface area contributed by atoms with E-state index in [1.807, 2.05) is 13.8 Å². The fourth-order valence-electron chi connectivity index (χ4n) is 4.59. The zero-order valence-electron chi connectivity index (χ0n) is 23.1. The average Bonchev–Trinajstić information content (AvgIpc) is 2.95. The lowest BCUT2D eigenvalue weighted by atomic mass is 10.1. The molecule has 11 heteroatoms. The summed E-state index contributed by atoms with van der Waals surface area (Å²) in [6.45, 7) is 5.68. The fraction of sp³-hybridized carbons (Fsp3) is 0.300. The van der Waals surface area contributed by atoms with Gasteiger partial charge in [0, 0.05) is 24.2 Å². The van der Waals surface area contributed by atoms with Crippen molar-refractivity contribution in [3.8, 4) is 17.2 Å². The highest BCUT2D eigenvalue weighted by atomic mass is 79.9. The molecule has 1 unspecified atom stereocenters. The number of halogens is 4. The van der Waals surface area contributed by atoms with Crippen molar-refractivity contribution in [1.29, 1.82) is 0 Å². The normalized spacial score (nSPS) is 12.4. The van der Waals surface area contributed by atoms with Gasteiger partial charge in [-0.05, 0) is 59.1 Å². The van der Waals surface area contributed by atoms with Gasteiger partial charge in [0.1, 0.15) is 17.3 Å². The molecule has 4 rings (SSSR count). The van der Waals surface area contributed by atoms with E-state index in [2.05, 4.69) is 15.9 Å². The Morgan fingerprint density at radius 3 is 2.37 bits per heavy atom. The summed E-state index contributed by atoms with van der Waals surface area (Å²) in [6, 6.07) is 13.6. The Morgan fingerprint density at radius 2 is 1.73 bits per heavy atom. The van der Waals surface area contributed by atoms with Crippen LogP contribution >= 0.6 is 15.9 Å². The van der Waals surface area contributed by atoms with E-state index >= 15 is 0 Å². The molecular weight excluding hydrogens is 603 g/mol. The third kappa shape index (κ3) is 6.09. The van der Waals surface area contributed by atoms with E-state index in [-0.39, 0.29) is 23.9 Å². The number of amides is 1. The molecule has 0 fully saturated rings. The Balaban J connectivity index is 1.98. The molecule has 1 heterocycles. The predicted molar refractivity (Wildman–Crippen MR) is 154 cm³/mol. The largest absolute Gasteiger partial charge is 0.497 e. The first-order chi connectivity index (χ1) is 19.4. The van der Waals surface area contributed by atoms with Gasteiger partial charge in [0.2, 0.25) is 0 Å². The quantitative estimate of drug-likeness (QED) is 0.208. The molecule has 0 aliphatic carbocycles. The van der Waals surface area contributed by atoms with Crippen LogP contribution in [0.15, 0.2) is 69.9 Å². The molecule has 0 saturated heterocycles. The van der Waals surface area contributed by atoms with Crippen LogP contribution in [0.5, 0.6) is 11.5 Å². The number of benzene rings is 3. The van der Waals surface area contributed by atoms with Gasteiger partial charge in [0.05, 0.1) is 46.9 Å². The SMILES string of the molecule is COc1cc(OC)c(Br)c(-n2c(C(C)N(CC(C)C)C(=O)c3cccc(C(F)(F)F)c3)nc3ccccc3c2=O)c1. The van der Waals surface area contributed by atoms with Crippen LogP contribution in [0.4, 0.5) is 13.2 Å². The minimum absolute atomic E-state index is 0.0449. The second-order valence-corrected chi connectivity index (χ2v) is 10.7. The van der Waals surface area contributed by atoms with Gasteiger partial charge in [-0.2, -0.15) is 13.2 Å². The molecule has 0 spiro atoms. The number of hydrogen-bond donors (Lipinski definition) is 0. The molecule has 41 heavy (non-hydrogen) atoms. The first-order valence-corrected chi connectivity index (χ1v) is 13.6. The lowest BCUT2D eigenvalue weighted by Gasteiger charge is -2.32. The van der Waals surface area contributed by atoms with Crippen molar-refractivity contribution in [3.63, 3.8) is 0 Å². The van der Waals surface area contributed by atoms with Crippen LogP contribution in [-0.4, -0.2) is 41.1 Å². The van der Waals surface area contributed by atoms with Gasteiger partial charge in [-0.25, -0.2) is 4.98 Å². The van der Waals surface area contributed by atoms with E-state index in [1.165, 1.54) is 35.8 Å². The Kier molecular flexibility index (Phi) is 8.77. The van der Waals surface area contributed by atoms with Gasteiger partial charge in [-0.15, -0.1) is 0 Å². The standard InChI is InChI=1S/C30H29BrF3N3O4/c1-17(2)16-36(28(38)19-9-8-10-20(13-19)30(32,33)34)18(3)27-35-23-12-7-6-11-22(23)29(39)37(27)24-14-21(40-4)15-25(41-5)26(24)31/h6-15,17-18H,16H2,1-5H3. The smallest absolute Gasteiger partial charge is 0.416 e. The van der Waals surface area contributed by atoms with Gasteiger partial charge in [0.15, 0.2) is 0 Å². The molecule has 0 aliphatic heterocycles. The molecule has 0 saturated carbocycles. The van der Waals surface area contributed by atoms with Crippen molar-refractivity contribution < 1.29 is 27.4 Å². The summed E-state index contributed by atoms with van der Waals surface area (Å²) in [6.07, 6.45) is -4.61. The van der Waals surface area contributed by atoms with Gasteiger partial charge in [0.25, 0.3) is 11.5 Å². The molecule has 0 radical (unpaired) electrons. The van der Waals surface area contributed by atoms with Crippen LogP contribution in [0, 0.1) is 5.92 Å². The summed E-state index contributed by atoms with van der Waals surface area (Å²) >= 11 is 3.54. The molecule has 4 aromatic rings. The van der Waals surface area contributed by atoms with Crippen LogP contribution in [0.25, 0.3) is 16.6 Å². The molecule has 1 aromatic heterocycles. The third-order valence-electron chi connectivity index (χ3n) is 6.59. The van der Waals surface area contributed by atoms with Crippen molar-refractivity contribution in [2.45, 2.75) is 33.0 Å². The summed E-state index contributed by atoms with van der Waals surface area (Å²) in [4.78, 5) is 34.1. The fourth-order valence-corrected chi connectivity index (χ4v) is 5.16. The van der Waals surface area contributed by atoms with Crippen molar-refractivity contribution in [2.24, 2.45) is 5.92 Å². The molecule has 0 aliphatic rings. The molecular formula is C30H29BrF3N3O4. The number of nitrogens with zero attached hydrogens (tertiary/aromatic N) is 3. The lowest BCUT2D eigenvalue weighted by Crippen LogP contribution is -2.39. The minimum Gasteiger partial charge on any atom is -0.497 e. The van der Waals surface area contributed by atoms with E-state index in [4.69, 9.17) is 14.5 Å². The molecule has 3 aromatic carbocycles. The number of ether oxygens (including phenoxy) is 2. The molecule has 7 nitrogen and oxygen atoms in total. The number of alkyl halides is 3. The first kappa shape index (κ1) is 30.1. The number of fused-ring (bicyclic) bond motifs is 1. The Morgan fingerprint density at radius 1 is 1.02 bits per heavy atom. The Bertz CT molecular complexity index is 1650. The van der Waals surface area contributed by atoms with Crippen LogP contribution in [0.1, 0.15) is 48.6 Å². The van der Waals surface area contributed by atoms with E-state index in [0.717, 1.165) is 12.1 Å². The summed E-state index contributed by atoms with van der Waals surface area (Å²) in [7, 11) is 2.96. The maximum Gasteiger partial charge on any atom is 0.416 e. The highest BCUT2D eigenvalue weighted by molar-refractivity contribution is 9.10. The van der Waals surface area contributed by atoms with Crippen molar-refractivity contribution in [1.82, 2.24) is 14.5 Å². The van der Waals surface area contributed by atoms with Crippen LogP contribution < -0.4 is 15.0 Å². The monoisotopic (exact) mass is 631 g/mol. The maximum atomic E-state index is 14.0. The predicted octanol–water partition coefficient (Wildman–Crippen LogP) is 7.04. The maximum absolute atomic E-state index is 14.0. The molecule has 216 valence electrons. The molecule has 0 N–H and O–H groups in total. The van der Waals surface area contributed by atoms with Gasteiger partial charge in [-0.1, -0.05) is 32.0 Å². The molecule has 0 bridgehead atoms. The molecule has 1 atom stereocenters. The van der Waals surface area contributed by atoms with Crippen molar-refractivity contribution in [2.75, 3.05) is 20.8 Å². The number of carbonyl (C=O) groups is 1. The number of para-hydroxylation sites is 1. The Hall–Kier alpha value is -3.86. The van der Waals surface area contributed by atoms with Crippen LogP contribution in [-0.2, 0) is 6.18 Å². The number of aromatic nitrogens is 2. The second kappa shape index (κ2) is 11.9. The van der Waals surface area contributed by atoms with Crippen molar-refractivity contribution in [3.05, 3.63) is 92.4 Å². The first-order valence-electron chi connectivity index (χ1n) is 12.8. The molecule has 1 amide bonds. The van der Waals surface area contributed by atoms with E-state index in [9.17, 15) is 22.8 Å².